The van der Waals surface area contributed by atoms with Gasteiger partial charge in [-0.05, 0) is 19.7 Å². The third-order valence-corrected chi connectivity index (χ3v) is 2.51. The molecule has 0 spiro atoms. The van der Waals surface area contributed by atoms with Crippen molar-refractivity contribution in [1.82, 2.24) is 4.90 Å². The Hall–Kier alpha value is -0.130. The molecule has 2 heteroatoms. The molecule has 11 heavy (non-hydrogen) atoms. The molecule has 1 unspecified atom stereocenters. The van der Waals surface area contributed by atoms with Crippen molar-refractivity contribution in [1.29, 1.82) is 0 Å². The van der Waals surface area contributed by atoms with Gasteiger partial charge in [0.15, 0.2) is 0 Å². The van der Waals surface area contributed by atoms with E-state index in [0.29, 0.717) is 6.04 Å². The summed E-state index contributed by atoms with van der Waals surface area (Å²) in [5.74, 6) is 3.83. The summed E-state index contributed by atoms with van der Waals surface area (Å²) in [7, 11) is 2.09. The summed E-state index contributed by atoms with van der Waals surface area (Å²) in [6.45, 7) is 2.97. The highest BCUT2D eigenvalue weighted by Gasteiger charge is 2.09. The Bertz CT molecular complexity index is 128. The van der Waals surface area contributed by atoms with Gasteiger partial charge in [0.1, 0.15) is 0 Å². The quantitative estimate of drug-likeness (QED) is 0.579. The molecule has 1 nitrogen and oxygen atoms in total. The second-order valence-electron chi connectivity index (χ2n) is 2.64. The summed E-state index contributed by atoms with van der Waals surface area (Å²) in [6.07, 6.45) is 8.53. The highest BCUT2D eigenvalue weighted by molar-refractivity contribution is 7.98. The first-order chi connectivity index (χ1) is 5.26. The molecule has 1 atom stereocenters. The molecule has 64 valence electrons. The van der Waals surface area contributed by atoms with Crippen LogP contribution in [0.15, 0.2) is 0 Å². The Morgan fingerprint density at radius 3 is 2.64 bits per heavy atom. The molecule has 0 heterocycles. The number of hydrogen-bond acceptors (Lipinski definition) is 2. The lowest BCUT2D eigenvalue weighted by atomic mass is 10.2. The molecule has 0 aliphatic heterocycles. The Balaban J connectivity index is 3.73. The van der Waals surface area contributed by atoms with E-state index in [1.54, 1.807) is 0 Å². The standard InChI is InChI=1S/C9H17NS/c1-5-7-10(3)9(6-2)8-11-4/h1,9H,6-8H2,2-4H3. The number of hydrogen-bond donors (Lipinski definition) is 0. The Morgan fingerprint density at radius 1 is 1.64 bits per heavy atom. The largest absolute Gasteiger partial charge is 0.292 e. The van der Waals surface area contributed by atoms with Crippen molar-refractivity contribution in [2.45, 2.75) is 19.4 Å². The zero-order chi connectivity index (χ0) is 8.69. The van der Waals surface area contributed by atoms with Gasteiger partial charge in [0, 0.05) is 11.8 Å². The van der Waals surface area contributed by atoms with E-state index >= 15 is 0 Å². The van der Waals surface area contributed by atoms with Gasteiger partial charge in [-0.3, -0.25) is 4.90 Å². The van der Waals surface area contributed by atoms with Gasteiger partial charge in [-0.25, -0.2) is 0 Å². The number of nitrogens with zero attached hydrogens (tertiary/aromatic N) is 1. The monoisotopic (exact) mass is 171 g/mol. The lowest BCUT2D eigenvalue weighted by Gasteiger charge is -2.24. The predicted molar refractivity (Wildman–Crippen MR) is 53.9 cm³/mol. The van der Waals surface area contributed by atoms with Crippen LogP contribution in [0.3, 0.4) is 0 Å². The van der Waals surface area contributed by atoms with Gasteiger partial charge in [0.2, 0.25) is 0 Å². The predicted octanol–water partition coefficient (Wildman–Crippen LogP) is 1.69. The molecule has 0 saturated heterocycles. The van der Waals surface area contributed by atoms with Gasteiger partial charge in [0.25, 0.3) is 0 Å². The van der Waals surface area contributed by atoms with E-state index in [-0.39, 0.29) is 0 Å². The van der Waals surface area contributed by atoms with Crippen LogP contribution in [0.4, 0.5) is 0 Å². The highest BCUT2D eigenvalue weighted by atomic mass is 32.2. The van der Waals surface area contributed by atoms with Crippen LogP contribution < -0.4 is 0 Å². The van der Waals surface area contributed by atoms with Crippen LogP contribution in [-0.4, -0.2) is 36.5 Å². The fourth-order valence-electron chi connectivity index (χ4n) is 1.02. The second-order valence-corrected chi connectivity index (χ2v) is 3.55. The van der Waals surface area contributed by atoms with Crippen LogP contribution in [0.2, 0.25) is 0 Å². The SMILES string of the molecule is C#CCN(C)C(CC)CSC. The number of thioether (sulfide) groups is 1. The molecule has 0 aromatic heterocycles. The molecular formula is C9H17NS. The van der Waals surface area contributed by atoms with Gasteiger partial charge >= 0.3 is 0 Å². The van der Waals surface area contributed by atoms with Gasteiger partial charge in [0.05, 0.1) is 6.54 Å². The van der Waals surface area contributed by atoms with Crippen molar-refractivity contribution >= 4 is 11.8 Å². The van der Waals surface area contributed by atoms with E-state index in [0.717, 1.165) is 6.54 Å². The van der Waals surface area contributed by atoms with Crippen LogP contribution in [0, 0.1) is 12.3 Å². The van der Waals surface area contributed by atoms with Gasteiger partial charge in [-0.15, -0.1) is 6.42 Å². The Labute approximate surface area is 74.5 Å². The molecule has 0 bridgehead atoms. The van der Waals surface area contributed by atoms with E-state index in [4.69, 9.17) is 6.42 Å². The van der Waals surface area contributed by atoms with Gasteiger partial charge in [-0.1, -0.05) is 12.8 Å². The molecule has 0 saturated carbocycles. The molecule has 0 radical (unpaired) electrons. The van der Waals surface area contributed by atoms with Crippen LogP contribution in [0.1, 0.15) is 13.3 Å². The summed E-state index contributed by atoms with van der Waals surface area (Å²) in [6, 6.07) is 0.640. The molecule has 0 aliphatic rings. The van der Waals surface area contributed by atoms with Crippen LogP contribution in [0.5, 0.6) is 0 Å². The molecule has 0 aliphatic carbocycles. The molecule has 0 amide bonds. The minimum Gasteiger partial charge on any atom is -0.292 e. The molecule has 0 fully saturated rings. The fraction of sp³-hybridized carbons (Fsp3) is 0.778. The van der Waals surface area contributed by atoms with Crippen molar-refractivity contribution in [3.05, 3.63) is 0 Å². The highest BCUT2D eigenvalue weighted by Crippen LogP contribution is 2.07. The fourth-order valence-corrected chi connectivity index (χ4v) is 1.90. The smallest absolute Gasteiger partial charge is 0.0599 e. The first kappa shape index (κ1) is 10.9. The first-order valence-corrected chi connectivity index (χ1v) is 5.28. The minimum atomic E-state index is 0.640. The van der Waals surface area contributed by atoms with Crippen LogP contribution >= 0.6 is 11.8 Å². The Kier molecular flexibility index (Phi) is 6.49. The third kappa shape index (κ3) is 4.34. The van der Waals surface area contributed by atoms with Gasteiger partial charge in [-0.2, -0.15) is 11.8 Å². The molecular weight excluding hydrogens is 154 g/mol. The molecule has 0 N–H and O–H groups in total. The molecule has 0 rings (SSSR count). The van der Waals surface area contributed by atoms with Crippen molar-refractivity contribution in [3.8, 4) is 12.3 Å². The maximum atomic E-state index is 5.22. The minimum absolute atomic E-state index is 0.640. The van der Waals surface area contributed by atoms with Crippen molar-refractivity contribution in [2.24, 2.45) is 0 Å². The van der Waals surface area contributed by atoms with E-state index in [2.05, 4.69) is 31.0 Å². The average molecular weight is 171 g/mol. The third-order valence-electron chi connectivity index (χ3n) is 1.79. The van der Waals surface area contributed by atoms with Crippen molar-refractivity contribution in [2.75, 3.05) is 25.6 Å². The summed E-state index contributed by atoms with van der Waals surface area (Å²) in [5, 5.41) is 0. The lowest BCUT2D eigenvalue weighted by Crippen LogP contribution is -2.33. The zero-order valence-corrected chi connectivity index (χ0v) is 8.45. The first-order valence-electron chi connectivity index (χ1n) is 3.88. The Morgan fingerprint density at radius 2 is 2.27 bits per heavy atom. The zero-order valence-electron chi connectivity index (χ0n) is 7.63. The molecule has 0 aromatic rings. The van der Waals surface area contributed by atoms with Gasteiger partial charge < -0.3 is 0 Å². The normalized spacial score (nSPS) is 13.0. The van der Waals surface area contributed by atoms with Crippen LogP contribution in [0.25, 0.3) is 0 Å². The number of terminal acetylenes is 1. The summed E-state index contributed by atoms with van der Waals surface area (Å²) < 4.78 is 0. The van der Waals surface area contributed by atoms with E-state index in [9.17, 15) is 0 Å². The lowest BCUT2D eigenvalue weighted by molar-refractivity contribution is 0.286. The van der Waals surface area contributed by atoms with E-state index in [1.807, 2.05) is 11.8 Å². The van der Waals surface area contributed by atoms with E-state index < -0.39 is 0 Å². The number of rotatable bonds is 5. The van der Waals surface area contributed by atoms with Crippen LogP contribution in [-0.2, 0) is 0 Å². The maximum Gasteiger partial charge on any atom is 0.0599 e. The summed E-state index contributed by atoms with van der Waals surface area (Å²) >= 11 is 1.88. The summed E-state index contributed by atoms with van der Waals surface area (Å²) in [5.41, 5.74) is 0. The topological polar surface area (TPSA) is 3.24 Å². The maximum absolute atomic E-state index is 5.22. The average Bonchev–Trinajstić information content (AvgIpc) is 2.00. The molecule has 0 aromatic carbocycles. The van der Waals surface area contributed by atoms with E-state index in [1.165, 1.54) is 12.2 Å². The van der Waals surface area contributed by atoms with Crippen molar-refractivity contribution in [3.63, 3.8) is 0 Å². The van der Waals surface area contributed by atoms with Crippen molar-refractivity contribution < 1.29 is 0 Å². The second kappa shape index (κ2) is 6.57. The summed E-state index contributed by atoms with van der Waals surface area (Å²) in [4.78, 5) is 2.23.